The fourth-order valence-electron chi connectivity index (χ4n) is 3.27. The Morgan fingerprint density at radius 3 is 2.42 bits per heavy atom. The standard InChI is InChI=1S/C20H26N6O2.C2H6.CH4/c1-5-26-7-6-13(10-16(26)27)14-11-15(25(4)9-8-24(2)3)17(20(21)28)19-18(14)22-12-23-19;1-2;/h6-7,10-12H,5,8-9H2,1-4H3,(H2,21,28)(H,22,23);1-2H3;1H4. The van der Waals surface area contributed by atoms with Crippen LogP contribution in [0, 0.1) is 0 Å². The molecule has 1 amide bonds. The summed E-state index contributed by atoms with van der Waals surface area (Å²) in [6, 6.07) is 5.38. The highest BCUT2D eigenvalue weighted by molar-refractivity contribution is 6.12. The Bertz CT molecular complexity index is 1070. The van der Waals surface area contributed by atoms with Gasteiger partial charge in [0, 0.05) is 44.5 Å². The monoisotopic (exact) mass is 428 g/mol. The van der Waals surface area contributed by atoms with Gasteiger partial charge in [-0.2, -0.15) is 0 Å². The molecule has 0 saturated heterocycles. The van der Waals surface area contributed by atoms with Crippen LogP contribution < -0.4 is 16.2 Å². The van der Waals surface area contributed by atoms with Crippen molar-refractivity contribution in [1.82, 2.24) is 19.4 Å². The van der Waals surface area contributed by atoms with Crippen molar-refractivity contribution in [2.75, 3.05) is 39.1 Å². The number of carbonyl (C=O) groups excluding carboxylic acids is 1. The number of nitrogens with one attached hydrogen (secondary N) is 1. The van der Waals surface area contributed by atoms with Gasteiger partial charge < -0.3 is 25.1 Å². The molecule has 0 bridgehead atoms. The van der Waals surface area contributed by atoms with E-state index < -0.39 is 5.91 Å². The number of imidazole rings is 1. The average Bonchev–Trinajstić information content (AvgIpc) is 3.21. The van der Waals surface area contributed by atoms with Crippen molar-refractivity contribution in [2.24, 2.45) is 5.73 Å². The number of benzene rings is 1. The van der Waals surface area contributed by atoms with Crippen LogP contribution in [-0.4, -0.2) is 59.6 Å². The molecule has 0 saturated carbocycles. The number of amides is 1. The van der Waals surface area contributed by atoms with Crippen LogP contribution >= 0.6 is 0 Å². The number of carbonyl (C=O) groups is 1. The summed E-state index contributed by atoms with van der Waals surface area (Å²) in [5.41, 5.74) is 9.48. The van der Waals surface area contributed by atoms with Gasteiger partial charge in [0.1, 0.15) is 0 Å². The van der Waals surface area contributed by atoms with E-state index in [2.05, 4.69) is 14.9 Å². The Morgan fingerprint density at radius 1 is 1.19 bits per heavy atom. The second-order valence-electron chi connectivity index (χ2n) is 7.07. The van der Waals surface area contributed by atoms with Crippen LogP contribution in [0.4, 0.5) is 5.69 Å². The highest BCUT2D eigenvalue weighted by Crippen LogP contribution is 2.35. The Kier molecular flexibility index (Phi) is 9.45. The van der Waals surface area contributed by atoms with Crippen molar-refractivity contribution >= 4 is 22.6 Å². The summed E-state index contributed by atoms with van der Waals surface area (Å²) in [6.45, 7) is 8.06. The number of likely N-dealkylation sites (N-methyl/N-ethyl adjacent to an activating group) is 2. The van der Waals surface area contributed by atoms with E-state index >= 15 is 0 Å². The molecule has 0 unspecified atom stereocenters. The summed E-state index contributed by atoms with van der Waals surface area (Å²) in [7, 11) is 5.91. The quantitative estimate of drug-likeness (QED) is 0.602. The molecule has 1 aromatic carbocycles. The first-order chi connectivity index (χ1) is 14.3. The maximum Gasteiger partial charge on any atom is 0.253 e. The van der Waals surface area contributed by atoms with Crippen molar-refractivity contribution in [3.05, 3.63) is 46.6 Å². The van der Waals surface area contributed by atoms with Crippen molar-refractivity contribution in [3.63, 3.8) is 0 Å². The third kappa shape index (κ3) is 5.52. The molecular formula is C23H36N6O2. The van der Waals surface area contributed by atoms with E-state index in [0.717, 1.165) is 17.7 Å². The van der Waals surface area contributed by atoms with Crippen molar-refractivity contribution < 1.29 is 4.79 Å². The molecule has 2 heterocycles. The van der Waals surface area contributed by atoms with E-state index in [1.165, 1.54) is 6.33 Å². The molecule has 0 aliphatic rings. The molecule has 31 heavy (non-hydrogen) atoms. The third-order valence-corrected chi connectivity index (χ3v) is 4.87. The molecular weight excluding hydrogens is 392 g/mol. The van der Waals surface area contributed by atoms with Gasteiger partial charge in [-0.3, -0.25) is 9.59 Å². The van der Waals surface area contributed by atoms with Gasteiger partial charge in [-0.25, -0.2) is 4.98 Å². The average molecular weight is 429 g/mol. The number of primary amides is 1. The van der Waals surface area contributed by atoms with Crippen LogP contribution in [0.3, 0.4) is 0 Å². The number of hydrogen-bond acceptors (Lipinski definition) is 5. The number of aromatic amines is 1. The smallest absolute Gasteiger partial charge is 0.253 e. The summed E-state index contributed by atoms with van der Waals surface area (Å²) in [5.74, 6) is -0.520. The Balaban J connectivity index is 0.00000156. The number of nitrogens with two attached hydrogens (primary N) is 1. The van der Waals surface area contributed by atoms with Gasteiger partial charge in [-0.15, -0.1) is 0 Å². The van der Waals surface area contributed by atoms with Gasteiger partial charge >= 0.3 is 0 Å². The van der Waals surface area contributed by atoms with Crippen LogP contribution in [0.5, 0.6) is 0 Å². The van der Waals surface area contributed by atoms with Gasteiger partial charge in [0.05, 0.1) is 28.6 Å². The number of aryl methyl sites for hydroxylation is 1. The van der Waals surface area contributed by atoms with Crippen LogP contribution in [0.2, 0.25) is 0 Å². The Labute approximate surface area is 184 Å². The minimum absolute atomic E-state index is 0. The highest BCUT2D eigenvalue weighted by atomic mass is 16.1. The lowest BCUT2D eigenvalue weighted by Crippen LogP contribution is -2.30. The second kappa shape index (κ2) is 11.3. The highest BCUT2D eigenvalue weighted by Gasteiger charge is 2.21. The second-order valence-corrected chi connectivity index (χ2v) is 7.07. The largest absolute Gasteiger partial charge is 0.373 e. The fourth-order valence-corrected chi connectivity index (χ4v) is 3.27. The first-order valence-electron chi connectivity index (χ1n) is 10.2. The number of fused-ring (bicyclic) bond motifs is 1. The first kappa shape index (κ1) is 25.9. The van der Waals surface area contributed by atoms with Crippen LogP contribution in [0.25, 0.3) is 22.2 Å². The molecule has 3 aromatic rings. The number of nitrogens with zero attached hydrogens (tertiary/aromatic N) is 4. The lowest BCUT2D eigenvalue weighted by atomic mass is 9.99. The first-order valence-corrected chi connectivity index (χ1v) is 10.2. The van der Waals surface area contributed by atoms with E-state index in [-0.39, 0.29) is 13.0 Å². The summed E-state index contributed by atoms with van der Waals surface area (Å²) in [6.07, 6.45) is 3.31. The predicted molar refractivity (Wildman–Crippen MR) is 130 cm³/mol. The van der Waals surface area contributed by atoms with Crippen LogP contribution in [-0.2, 0) is 6.54 Å². The van der Waals surface area contributed by atoms with Crippen molar-refractivity contribution in [3.8, 4) is 11.1 Å². The molecule has 0 fully saturated rings. The molecule has 0 aliphatic heterocycles. The van der Waals surface area contributed by atoms with Crippen LogP contribution in [0.1, 0.15) is 38.6 Å². The minimum atomic E-state index is -0.520. The van der Waals surface area contributed by atoms with E-state index in [0.29, 0.717) is 35.4 Å². The summed E-state index contributed by atoms with van der Waals surface area (Å²) < 4.78 is 1.63. The van der Waals surface area contributed by atoms with Gasteiger partial charge in [0.15, 0.2) is 0 Å². The molecule has 170 valence electrons. The summed E-state index contributed by atoms with van der Waals surface area (Å²) >= 11 is 0. The molecule has 8 nitrogen and oxygen atoms in total. The van der Waals surface area contributed by atoms with E-state index in [9.17, 15) is 9.59 Å². The Morgan fingerprint density at radius 2 is 1.87 bits per heavy atom. The maximum absolute atomic E-state index is 12.3. The molecule has 3 rings (SSSR count). The van der Waals surface area contributed by atoms with Crippen molar-refractivity contribution in [1.29, 1.82) is 0 Å². The van der Waals surface area contributed by atoms with Crippen LogP contribution in [0.15, 0.2) is 35.5 Å². The van der Waals surface area contributed by atoms with E-state index in [4.69, 9.17) is 5.73 Å². The molecule has 0 aliphatic carbocycles. The lowest BCUT2D eigenvalue weighted by Gasteiger charge is -2.24. The minimum Gasteiger partial charge on any atom is -0.373 e. The maximum atomic E-state index is 12.3. The number of rotatable bonds is 7. The lowest BCUT2D eigenvalue weighted by molar-refractivity contribution is 0.100. The van der Waals surface area contributed by atoms with Gasteiger partial charge in [-0.05, 0) is 38.7 Å². The zero-order valence-corrected chi connectivity index (χ0v) is 18.7. The fraction of sp³-hybridized carbons (Fsp3) is 0.435. The molecule has 0 spiro atoms. The number of pyridine rings is 1. The zero-order valence-electron chi connectivity index (χ0n) is 18.7. The third-order valence-electron chi connectivity index (χ3n) is 4.87. The number of anilines is 1. The van der Waals surface area contributed by atoms with Gasteiger partial charge in [-0.1, -0.05) is 21.3 Å². The summed E-state index contributed by atoms with van der Waals surface area (Å²) in [4.78, 5) is 36.1. The van der Waals surface area contributed by atoms with E-state index in [1.807, 2.05) is 58.9 Å². The van der Waals surface area contributed by atoms with Crippen molar-refractivity contribution in [2.45, 2.75) is 34.7 Å². The summed E-state index contributed by atoms with van der Waals surface area (Å²) in [5, 5.41) is 0. The predicted octanol–water partition coefficient (Wildman–Crippen LogP) is 3.17. The number of aromatic nitrogens is 3. The molecule has 0 atom stereocenters. The molecule has 0 radical (unpaired) electrons. The number of hydrogen-bond donors (Lipinski definition) is 2. The molecule has 8 heteroatoms. The normalized spacial score (nSPS) is 10.4. The molecule has 3 N–H and O–H groups in total. The van der Waals surface area contributed by atoms with E-state index in [1.54, 1.807) is 16.8 Å². The van der Waals surface area contributed by atoms with Gasteiger partial charge in [0.2, 0.25) is 0 Å². The van der Waals surface area contributed by atoms with Gasteiger partial charge in [0.25, 0.3) is 11.5 Å². The zero-order chi connectivity index (χ0) is 22.4. The number of H-pyrrole nitrogens is 1. The SMILES string of the molecule is C.CC.CCn1ccc(-c2cc(N(C)CCN(C)C)c(C(N)=O)c3[nH]cnc23)cc1=O. The topological polar surface area (TPSA) is 100 Å². The molecule has 2 aromatic heterocycles. The Hall–Kier alpha value is -3.13.